The van der Waals surface area contributed by atoms with Crippen LogP contribution in [0.3, 0.4) is 0 Å². The van der Waals surface area contributed by atoms with Crippen LogP contribution in [0.5, 0.6) is 0 Å². The average Bonchev–Trinajstić information content (AvgIpc) is 2.80. The van der Waals surface area contributed by atoms with Gasteiger partial charge in [-0.25, -0.2) is 4.79 Å². The Morgan fingerprint density at radius 1 is 1.28 bits per heavy atom. The predicted molar refractivity (Wildman–Crippen MR) is 66.3 cm³/mol. The number of nitrogens with one attached hydrogen (secondary N) is 3. The molecule has 7 nitrogen and oxygen atoms in total. The molecule has 4 N–H and O–H groups in total. The zero-order chi connectivity index (χ0) is 13.2. The number of anilines is 1. The summed E-state index contributed by atoms with van der Waals surface area (Å²) in [7, 11) is 0. The van der Waals surface area contributed by atoms with E-state index in [0.717, 1.165) is 19.3 Å². The van der Waals surface area contributed by atoms with Gasteiger partial charge in [-0.1, -0.05) is 12.8 Å². The Hall–Kier alpha value is -2.05. The maximum Gasteiger partial charge on any atom is 0.319 e. The van der Waals surface area contributed by atoms with Gasteiger partial charge in [-0.3, -0.25) is 9.89 Å². The summed E-state index contributed by atoms with van der Waals surface area (Å²) in [4.78, 5) is 21.6. The smallest absolute Gasteiger partial charge is 0.319 e. The molecule has 0 aromatic carbocycles. The fourth-order valence-electron chi connectivity index (χ4n) is 1.45. The molecule has 1 aromatic rings. The number of aliphatic carboxylic acids is 1. The van der Waals surface area contributed by atoms with Crippen molar-refractivity contribution in [2.45, 2.75) is 32.1 Å². The van der Waals surface area contributed by atoms with Crippen molar-refractivity contribution in [1.29, 1.82) is 0 Å². The summed E-state index contributed by atoms with van der Waals surface area (Å²) in [6, 6.07) is -0.262. The molecule has 0 saturated heterocycles. The molecule has 100 valence electrons. The van der Waals surface area contributed by atoms with Gasteiger partial charge in [0.05, 0.1) is 11.9 Å². The zero-order valence-electron chi connectivity index (χ0n) is 10.1. The molecule has 0 unspecified atom stereocenters. The Kier molecular flexibility index (Phi) is 6.31. The molecule has 2 amide bonds. The van der Waals surface area contributed by atoms with Crippen molar-refractivity contribution < 1.29 is 14.7 Å². The van der Waals surface area contributed by atoms with E-state index in [1.807, 2.05) is 0 Å². The number of amides is 2. The highest BCUT2D eigenvalue weighted by Crippen LogP contribution is 2.03. The average molecular weight is 254 g/mol. The lowest BCUT2D eigenvalue weighted by atomic mass is 10.1. The molecular formula is C11H18N4O3. The van der Waals surface area contributed by atoms with Crippen LogP contribution < -0.4 is 10.6 Å². The van der Waals surface area contributed by atoms with Gasteiger partial charge in [0.15, 0.2) is 0 Å². The SMILES string of the molecule is O=C(O)CCCCCCNC(=O)Nc1cn[nH]c1. The summed E-state index contributed by atoms with van der Waals surface area (Å²) in [5.74, 6) is -0.757. The van der Waals surface area contributed by atoms with Gasteiger partial charge in [-0.2, -0.15) is 5.10 Å². The first-order valence-corrected chi connectivity index (χ1v) is 5.94. The second-order valence-corrected chi connectivity index (χ2v) is 3.93. The van der Waals surface area contributed by atoms with E-state index >= 15 is 0 Å². The molecule has 0 saturated carbocycles. The fourth-order valence-corrected chi connectivity index (χ4v) is 1.45. The quantitative estimate of drug-likeness (QED) is 0.528. The van der Waals surface area contributed by atoms with Crippen LogP contribution in [0.1, 0.15) is 32.1 Å². The summed E-state index contributed by atoms with van der Waals surface area (Å²) in [6.07, 6.45) is 6.65. The standard InChI is InChI=1S/C11H18N4O3/c16-10(17)5-3-1-2-4-6-12-11(18)15-9-7-13-14-8-9/h7-8H,1-6H2,(H,13,14)(H,16,17)(H2,12,15,18). The van der Waals surface area contributed by atoms with Crippen LogP contribution in [0.15, 0.2) is 12.4 Å². The molecule has 0 fully saturated rings. The van der Waals surface area contributed by atoms with Crippen molar-refractivity contribution in [1.82, 2.24) is 15.5 Å². The Bertz CT molecular complexity index is 364. The third kappa shape index (κ3) is 6.51. The molecule has 7 heteroatoms. The molecule has 0 bridgehead atoms. The summed E-state index contributed by atoms with van der Waals surface area (Å²) in [5, 5.41) is 20.1. The summed E-state index contributed by atoms with van der Waals surface area (Å²) < 4.78 is 0. The first-order valence-electron chi connectivity index (χ1n) is 5.94. The number of carbonyl (C=O) groups is 2. The number of aromatic nitrogens is 2. The Labute approximate surface area is 105 Å². The minimum atomic E-state index is -0.757. The lowest BCUT2D eigenvalue weighted by Crippen LogP contribution is -2.29. The van der Waals surface area contributed by atoms with Crippen molar-refractivity contribution >= 4 is 17.7 Å². The van der Waals surface area contributed by atoms with Crippen molar-refractivity contribution in [3.8, 4) is 0 Å². The van der Waals surface area contributed by atoms with Gasteiger partial charge in [0.25, 0.3) is 0 Å². The second kappa shape index (κ2) is 8.10. The molecular weight excluding hydrogens is 236 g/mol. The minimum Gasteiger partial charge on any atom is -0.481 e. The lowest BCUT2D eigenvalue weighted by Gasteiger charge is -2.05. The number of hydrogen-bond donors (Lipinski definition) is 4. The monoisotopic (exact) mass is 254 g/mol. The van der Waals surface area contributed by atoms with Crippen LogP contribution >= 0.6 is 0 Å². The molecule has 1 rings (SSSR count). The van der Waals surface area contributed by atoms with Crippen molar-refractivity contribution in [2.24, 2.45) is 0 Å². The summed E-state index contributed by atoms with van der Waals surface area (Å²) in [6.45, 7) is 0.580. The van der Waals surface area contributed by atoms with Gasteiger partial charge < -0.3 is 15.7 Å². The number of H-pyrrole nitrogens is 1. The van der Waals surface area contributed by atoms with E-state index in [4.69, 9.17) is 5.11 Å². The largest absolute Gasteiger partial charge is 0.481 e. The molecule has 18 heavy (non-hydrogen) atoms. The number of nitrogens with zero attached hydrogens (tertiary/aromatic N) is 1. The normalized spacial score (nSPS) is 10.0. The number of unbranched alkanes of at least 4 members (excludes halogenated alkanes) is 3. The van der Waals surface area contributed by atoms with Crippen molar-refractivity contribution in [3.63, 3.8) is 0 Å². The van der Waals surface area contributed by atoms with Gasteiger partial charge in [0, 0.05) is 19.2 Å². The van der Waals surface area contributed by atoms with E-state index in [1.165, 1.54) is 6.20 Å². The van der Waals surface area contributed by atoms with Crippen LogP contribution in [0.2, 0.25) is 0 Å². The van der Waals surface area contributed by atoms with E-state index in [9.17, 15) is 9.59 Å². The van der Waals surface area contributed by atoms with Crippen molar-refractivity contribution in [3.05, 3.63) is 12.4 Å². The molecule has 0 aliphatic rings. The number of carboxylic acid groups (broad SMARTS) is 1. The number of aromatic amines is 1. The maximum absolute atomic E-state index is 11.3. The van der Waals surface area contributed by atoms with Crippen LogP contribution in [-0.4, -0.2) is 33.8 Å². The fraction of sp³-hybridized carbons (Fsp3) is 0.545. The third-order valence-corrected chi connectivity index (χ3v) is 2.36. The number of carbonyl (C=O) groups excluding carboxylic acids is 1. The first kappa shape index (κ1) is 14.0. The maximum atomic E-state index is 11.3. The molecule has 0 radical (unpaired) electrons. The number of rotatable bonds is 8. The summed E-state index contributed by atoms with van der Waals surface area (Å²) in [5.41, 5.74) is 0.619. The number of carboxylic acids is 1. The number of hydrogen-bond acceptors (Lipinski definition) is 3. The molecule has 1 heterocycles. The van der Waals surface area contributed by atoms with Gasteiger partial charge in [0.2, 0.25) is 0 Å². The zero-order valence-corrected chi connectivity index (χ0v) is 10.1. The Morgan fingerprint density at radius 3 is 2.72 bits per heavy atom. The summed E-state index contributed by atoms with van der Waals surface area (Å²) >= 11 is 0. The Balaban J connectivity index is 1.94. The van der Waals surface area contributed by atoms with E-state index in [1.54, 1.807) is 6.20 Å². The van der Waals surface area contributed by atoms with Crippen LogP contribution in [0.25, 0.3) is 0 Å². The number of urea groups is 1. The van der Waals surface area contributed by atoms with Gasteiger partial charge in [0.1, 0.15) is 0 Å². The first-order chi connectivity index (χ1) is 8.68. The highest BCUT2D eigenvalue weighted by molar-refractivity contribution is 5.88. The van der Waals surface area contributed by atoms with Crippen molar-refractivity contribution in [2.75, 3.05) is 11.9 Å². The molecule has 0 atom stereocenters. The second-order valence-electron chi connectivity index (χ2n) is 3.93. The van der Waals surface area contributed by atoms with Crippen LogP contribution in [0, 0.1) is 0 Å². The molecule has 0 aliphatic carbocycles. The topological polar surface area (TPSA) is 107 Å². The minimum absolute atomic E-state index is 0.217. The molecule has 0 aliphatic heterocycles. The Morgan fingerprint density at radius 2 is 2.06 bits per heavy atom. The lowest BCUT2D eigenvalue weighted by molar-refractivity contribution is -0.137. The van der Waals surface area contributed by atoms with Gasteiger partial charge in [-0.15, -0.1) is 0 Å². The van der Waals surface area contributed by atoms with Crippen LogP contribution in [0.4, 0.5) is 10.5 Å². The van der Waals surface area contributed by atoms with Gasteiger partial charge in [-0.05, 0) is 12.8 Å². The van der Waals surface area contributed by atoms with E-state index in [2.05, 4.69) is 20.8 Å². The third-order valence-electron chi connectivity index (χ3n) is 2.36. The van der Waals surface area contributed by atoms with E-state index in [0.29, 0.717) is 18.7 Å². The highest BCUT2D eigenvalue weighted by atomic mass is 16.4. The van der Waals surface area contributed by atoms with Gasteiger partial charge >= 0.3 is 12.0 Å². The molecule has 1 aromatic heterocycles. The molecule has 0 spiro atoms. The highest BCUT2D eigenvalue weighted by Gasteiger charge is 2.01. The van der Waals surface area contributed by atoms with Crippen LogP contribution in [-0.2, 0) is 4.79 Å². The van der Waals surface area contributed by atoms with E-state index in [-0.39, 0.29) is 12.5 Å². The predicted octanol–water partition coefficient (Wildman–Crippen LogP) is 1.57. The van der Waals surface area contributed by atoms with E-state index < -0.39 is 5.97 Å².